The number of benzene rings is 2. The van der Waals surface area contributed by atoms with Crippen LogP contribution in [0.4, 0.5) is 0 Å². The number of hydrogen-bond acceptors (Lipinski definition) is 3. The van der Waals surface area contributed by atoms with Gasteiger partial charge in [0, 0.05) is 6.54 Å². The van der Waals surface area contributed by atoms with E-state index in [0.29, 0.717) is 6.54 Å². The fourth-order valence-electron chi connectivity index (χ4n) is 3.04. The molecule has 1 heterocycles. The topological polar surface area (TPSA) is 46.6 Å². The molecule has 0 saturated heterocycles. The lowest BCUT2D eigenvalue weighted by molar-refractivity contribution is 0.344. The largest absolute Gasteiger partial charge is 0.497 e. The van der Waals surface area contributed by atoms with Crippen LogP contribution < -0.4 is 4.74 Å². The van der Waals surface area contributed by atoms with E-state index in [9.17, 15) is 8.42 Å². The van der Waals surface area contributed by atoms with E-state index in [1.807, 2.05) is 48.5 Å². The van der Waals surface area contributed by atoms with Crippen LogP contribution in [0.25, 0.3) is 0 Å². The number of fused-ring (bicyclic) bond motifs is 1. The second kappa shape index (κ2) is 5.74. The van der Waals surface area contributed by atoms with Gasteiger partial charge in [-0.2, -0.15) is 4.31 Å². The smallest absolute Gasteiger partial charge is 0.212 e. The van der Waals surface area contributed by atoms with Gasteiger partial charge >= 0.3 is 0 Å². The Bertz CT molecular complexity index is 772. The lowest BCUT2D eigenvalue weighted by Crippen LogP contribution is -2.39. The van der Waals surface area contributed by atoms with E-state index in [1.165, 1.54) is 11.8 Å². The molecule has 0 saturated carbocycles. The summed E-state index contributed by atoms with van der Waals surface area (Å²) in [5, 5.41) is 0. The van der Waals surface area contributed by atoms with Crippen LogP contribution in [0.2, 0.25) is 0 Å². The average Bonchev–Trinajstić information content (AvgIpc) is 2.53. The Morgan fingerprint density at radius 3 is 2.50 bits per heavy atom. The molecule has 0 bridgehead atoms. The number of methoxy groups -OCH3 is 1. The Labute approximate surface area is 131 Å². The maximum Gasteiger partial charge on any atom is 0.212 e. The van der Waals surface area contributed by atoms with Gasteiger partial charge in [-0.3, -0.25) is 0 Å². The molecule has 0 aromatic heterocycles. The van der Waals surface area contributed by atoms with E-state index in [0.717, 1.165) is 23.3 Å². The lowest BCUT2D eigenvalue weighted by atomic mass is 9.89. The third-order valence-electron chi connectivity index (χ3n) is 4.08. The van der Waals surface area contributed by atoms with E-state index < -0.39 is 10.0 Å². The highest BCUT2D eigenvalue weighted by Gasteiger charge is 2.34. The summed E-state index contributed by atoms with van der Waals surface area (Å²) in [5.41, 5.74) is 3.15. The molecule has 22 heavy (non-hydrogen) atoms. The molecule has 2 aromatic carbocycles. The predicted molar refractivity (Wildman–Crippen MR) is 86.5 cm³/mol. The molecular weight excluding hydrogens is 298 g/mol. The zero-order valence-electron chi connectivity index (χ0n) is 12.7. The van der Waals surface area contributed by atoms with Crippen LogP contribution in [-0.2, 0) is 16.4 Å². The van der Waals surface area contributed by atoms with Crippen molar-refractivity contribution in [1.29, 1.82) is 0 Å². The van der Waals surface area contributed by atoms with Crippen LogP contribution >= 0.6 is 0 Å². The SMILES string of the molecule is COc1ccc2c(c1)C(c1ccccc1)N(S(C)(=O)=O)CC2. The summed E-state index contributed by atoms with van der Waals surface area (Å²) in [6, 6.07) is 15.4. The van der Waals surface area contributed by atoms with Gasteiger partial charge in [0.25, 0.3) is 0 Å². The minimum atomic E-state index is -3.29. The Hall–Kier alpha value is -1.85. The molecule has 0 amide bonds. The van der Waals surface area contributed by atoms with Crippen LogP contribution in [0.1, 0.15) is 22.7 Å². The Kier molecular flexibility index (Phi) is 3.93. The van der Waals surface area contributed by atoms with E-state index in [4.69, 9.17) is 4.74 Å². The van der Waals surface area contributed by atoms with Crippen molar-refractivity contribution in [3.05, 3.63) is 65.2 Å². The number of rotatable bonds is 3. The highest BCUT2D eigenvalue weighted by Crippen LogP contribution is 2.38. The first-order valence-corrected chi connectivity index (χ1v) is 9.04. The second-order valence-electron chi connectivity index (χ2n) is 5.50. The normalized spacial score (nSPS) is 18.7. The minimum Gasteiger partial charge on any atom is -0.497 e. The summed E-state index contributed by atoms with van der Waals surface area (Å²) >= 11 is 0. The third-order valence-corrected chi connectivity index (χ3v) is 5.32. The summed E-state index contributed by atoms with van der Waals surface area (Å²) in [6.45, 7) is 0.498. The molecule has 1 aliphatic heterocycles. The van der Waals surface area contributed by atoms with Gasteiger partial charge in [-0.25, -0.2) is 8.42 Å². The fraction of sp³-hybridized carbons (Fsp3) is 0.294. The molecule has 116 valence electrons. The van der Waals surface area contributed by atoms with E-state index in [2.05, 4.69) is 0 Å². The van der Waals surface area contributed by atoms with Crippen molar-refractivity contribution in [3.8, 4) is 5.75 Å². The zero-order chi connectivity index (χ0) is 15.7. The first kappa shape index (κ1) is 15.1. The molecule has 0 aliphatic carbocycles. The van der Waals surface area contributed by atoms with Crippen molar-refractivity contribution in [3.63, 3.8) is 0 Å². The van der Waals surface area contributed by atoms with Gasteiger partial charge in [0.1, 0.15) is 5.75 Å². The van der Waals surface area contributed by atoms with Gasteiger partial charge < -0.3 is 4.74 Å². The number of sulfonamides is 1. The molecule has 2 aromatic rings. The first-order valence-electron chi connectivity index (χ1n) is 7.19. The molecule has 0 radical (unpaired) electrons. The quantitative estimate of drug-likeness (QED) is 0.874. The van der Waals surface area contributed by atoms with E-state index in [1.54, 1.807) is 11.4 Å². The van der Waals surface area contributed by atoms with Crippen molar-refractivity contribution < 1.29 is 13.2 Å². The Balaban J connectivity index is 2.19. The predicted octanol–water partition coefficient (Wildman–Crippen LogP) is 2.60. The molecule has 0 fully saturated rings. The van der Waals surface area contributed by atoms with E-state index in [-0.39, 0.29) is 6.04 Å². The zero-order valence-corrected chi connectivity index (χ0v) is 13.5. The molecular formula is C17H19NO3S. The molecule has 0 spiro atoms. The number of nitrogens with zero attached hydrogens (tertiary/aromatic N) is 1. The molecule has 1 atom stereocenters. The van der Waals surface area contributed by atoms with Crippen LogP contribution in [0, 0.1) is 0 Å². The molecule has 4 nitrogen and oxygen atoms in total. The van der Waals surface area contributed by atoms with Crippen LogP contribution in [0.3, 0.4) is 0 Å². The molecule has 5 heteroatoms. The second-order valence-corrected chi connectivity index (χ2v) is 7.44. The van der Waals surface area contributed by atoms with Gasteiger partial charge in [-0.1, -0.05) is 36.4 Å². The summed E-state index contributed by atoms with van der Waals surface area (Å²) in [4.78, 5) is 0. The minimum absolute atomic E-state index is 0.296. The summed E-state index contributed by atoms with van der Waals surface area (Å²) in [5.74, 6) is 0.745. The average molecular weight is 317 g/mol. The van der Waals surface area contributed by atoms with Crippen molar-refractivity contribution in [2.24, 2.45) is 0 Å². The third kappa shape index (κ3) is 2.74. The van der Waals surface area contributed by atoms with Crippen molar-refractivity contribution >= 4 is 10.0 Å². The summed E-state index contributed by atoms with van der Waals surface area (Å²) in [6.07, 6.45) is 1.99. The van der Waals surface area contributed by atoms with Gasteiger partial charge in [0.15, 0.2) is 0 Å². The van der Waals surface area contributed by atoms with Gasteiger partial charge in [0.05, 0.1) is 19.4 Å². The summed E-state index contributed by atoms with van der Waals surface area (Å²) < 4.78 is 31.3. The Morgan fingerprint density at radius 2 is 1.86 bits per heavy atom. The van der Waals surface area contributed by atoms with Crippen LogP contribution in [0.15, 0.2) is 48.5 Å². The summed E-state index contributed by atoms with van der Waals surface area (Å²) in [7, 11) is -1.67. The maximum absolute atomic E-state index is 12.2. The van der Waals surface area contributed by atoms with Gasteiger partial charge in [-0.15, -0.1) is 0 Å². The van der Waals surface area contributed by atoms with E-state index >= 15 is 0 Å². The highest BCUT2D eigenvalue weighted by atomic mass is 32.2. The van der Waals surface area contributed by atoms with Crippen LogP contribution in [-0.4, -0.2) is 32.6 Å². The van der Waals surface area contributed by atoms with Crippen molar-refractivity contribution in [2.75, 3.05) is 19.9 Å². The first-order chi connectivity index (χ1) is 10.5. The molecule has 1 unspecified atom stereocenters. The molecule has 1 aliphatic rings. The highest BCUT2D eigenvalue weighted by molar-refractivity contribution is 7.88. The van der Waals surface area contributed by atoms with Crippen LogP contribution in [0.5, 0.6) is 5.75 Å². The van der Waals surface area contributed by atoms with Crippen molar-refractivity contribution in [1.82, 2.24) is 4.31 Å². The maximum atomic E-state index is 12.2. The number of ether oxygens (including phenoxy) is 1. The fourth-order valence-corrected chi connectivity index (χ4v) is 4.08. The van der Waals surface area contributed by atoms with Crippen molar-refractivity contribution in [2.45, 2.75) is 12.5 Å². The molecule has 0 N–H and O–H groups in total. The number of hydrogen-bond donors (Lipinski definition) is 0. The lowest BCUT2D eigenvalue weighted by Gasteiger charge is -2.36. The molecule has 3 rings (SSSR count). The monoisotopic (exact) mass is 317 g/mol. The van der Waals surface area contributed by atoms with Gasteiger partial charge in [0.2, 0.25) is 10.0 Å². The standard InChI is InChI=1S/C17H19NO3S/c1-21-15-9-8-13-10-11-18(22(2,19)20)17(16(13)12-15)14-6-4-3-5-7-14/h3-9,12,17H,10-11H2,1-2H3. The Morgan fingerprint density at radius 1 is 1.14 bits per heavy atom. The van der Waals surface area contributed by atoms with Gasteiger partial charge in [-0.05, 0) is 35.2 Å².